The summed E-state index contributed by atoms with van der Waals surface area (Å²) in [6.07, 6.45) is 5.55. The van der Waals surface area contributed by atoms with Crippen molar-refractivity contribution in [3.8, 4) is 0 Å². The highest BCUT2D eigenvalue weighted by molar-refractivity contribution is 7.80. The zero-order chi connectivity index (χ0) is 23.8. The second-order valence-corrected chi connectivity index (χ2v) is 9.50. The van der Waals surface area contributed by atoms with Gasteiger partial charge in [-0.25, -0.2) is 0 Å². The fraction of sp³-hybridized carbons (Fsp3) is 0.250. The van der Waals surface area contributed by atoms with Crippen LogP contribution in [-0.4, -0.2) is 19.6 Å². The van der Waals surface area contributed by atoms with E-state index in [0.717, 1.165) is 23.0 Å². The highest BCUT2D eigenvalue weighted by Crippen LogP contribution is 2.43. The van der Waals surface area contributed by atoms with Crippen molar-refractivity contribution < 1.29 is 0 Å². The molecule has 34 heavy (non-hydrogen) atoms. The summed E-state index contributed by atoms with van der Waals surface area (Å²) in [5, 5.41) is 4.32. The smallest absolute Gasteiger partial charge is 0.174 e. The van der Waals surface area contributed by atoms with Gasteiger partial charge in [0.15, 0.2) is 5.11 Å². The molecule has 0 bridgehead atoms. The van der Waals surface area contributed by atoms with Crippen LogP contribution in [0.15, 0.2) is 73.2 Å². The van der Waals surface area contributed by atoms with Gasteiger partial charge in [-0.05, 0) is 105 Å². The van der Waals surface area contributed by atoms with Gasteiger partial charge in [0.2, 0.25) is 0 Å². The molecule has 0 saturated carbocycles. The summed E-state index contributed by atoms with van der Waals surface area (Å²) in [5.41, 5.74) is 9.49. The van der Waals surface area contributed by atoms with E-state index >= 15 is 0 Å². The average molecular weight is 468 g/mol. The Morgan fingerprint density at radius 1 is 0.912 bits per heavy atom. The second-order valence-electron chi connectivity index (χ2n) is 9.11. The molecule has 3 aromatic heterocycles. The quantitative estimate of drug-likeness (QED) is 0.380. The van der Waals surface area contributed by atoms with Crippen LogP contribution in [0.3, 0.4) is 0 Å². The van der Waals surface area contributed by atoms with Crippen molar-refractivity contribution in [3.05, 3.63) is 113 Å². The molecule has 0 spiro atoms. The predicted octanol–water partition coefficient (Wildman–Crippen LogP) is 5.74. The third kappa shape index (κ3) is 4.10. The van der Waals surface area contributed by atoms with Crippen molar-refractivity contribution in [2.45, 2.75) is 46.3 Å². The van der Waals surface area contributed by atoms with Crippen LogP contribution in [0.2, 0.25) is 0 Å². The first-order valence-electron chi connectivity index (χ1n) is 11.6. The Morgan fingerprint density at radius 3 is 2.32 bits per heavy atom. The van der Waals surface area contributed by atoms with Crippen molar-refractivity contribution in [2.24, 2.45) is 0 Å². The highest BCUT2D eigenvalue weighted by Gasteiger charge is 2.42. The largest absolute Gasteiger partial charge is 0.351 e. The Bertz CT molecular complexity index is 1310. The number of thiocarbonyl (C=S) groups is 1. The van der Waals surface area contributed by atoms with Crippen LogP contribution in [0.25, 0.3) is 0 Å². The van der Waals surface area contributed by atoms with Gasteiger partial charge in [0.05, 0.1) is 17.8 Å². The average Bonchev–Trinajstić information content (AvgIpc) is 3.30. The maximum atomic E-state index is 5.92. The first-order valence-corrected chi connectivity index (χ1v) is 12.0. The molecule has 0 amide bonds. The first kappa shape index (κ1) is 22.3. The maximum absolute atomic E-state index is 5.92. The molecule has 1 aromatic carbocycles. The van der Waals surface area contributed by atoms with Crippen LogP contribution in [0.4, 0.5) is 5.69 Å². The Hall–Kier alpha value is -3.51. The summed E-state index contributed by atoms with van der Waals surface area (Å²) < 4.78 is 2.38. The molecule has 1 N–H and O–H groups in total. The summed E-state index contributed by atoms with van der Waals surface area (Å²) >= 11 is 5.92. The summed E-state index contributed by atoms with van der Waals surface area (Å²) in [7, 11) is 0. The molecule has 0 radical (unpaired) electrons. The molecule has 172 valence electrons. The maximum Gasteiger partial charge on any atom is 0.174 e. The predicted molar refractivity (Wildman–Crippen MR) is 141 cm³/mol. The molecule has 1 saturated heterocycles. The molecular weight excluding hydrogens is 438 g/mol. The van der Waals surface area contributed by atoms with Gasteiger partial charge in [-0.3, -0.25) is 9.97 Å². The SMILES string of the molecule is Cc1cc(C)cc(N2C(=S)N[C@@H](c3ccccn3)[C@H]2c2cc(C)n(Cc3ccncc3)c2C)c1. The second kappa shape index (κ2) is 9.03. The van der Waals surface area contributed by atoms with Gasteiger partial charge in [-0.2, -0.15) is 0 Å². The van der Waals surface area contributed by atoms with E-state index in [1.54, 1.807) is 0 Å². The topological polar surface area (TPSA) is 46.0 Å². The van der Waals surface area contributed by atoms with Crippen LogP contribution < -0.4 is 10.2 Å². The van der Waals surface area contributed by atoms with Crippen molar-refractivity contribution in [2.75, 3.05) is 4.90 Å². The number of anilines is 1. The molecule has 6 heteroatoms. The molecule has 1 aliphatic rings. The number of pyridine rings is 2. The molecule has 4 heterocycles. The minimum Gasteiger partial charge on any atom is -0.351 e. The van der Waals surface area contributed by atoms with Crippen LogP contribution in [0.1, 0.15) is 51.4 Å². The van der Waals surface area contributed by atoms with E-state index in [1.165, 1.54) is 33.6 Å². The van der Waals surface area contributed by atoms with Gasteiger partial charge in [0, 0.05) is 42.2 Å². The van der Waals surface area contributed by atoms with Gasteiger partial charge in [-0.1, -0.05) is 12.1 Å². The summed E-state index contributed by atoms with van der Waals surface area (Å²) in [6.45, 7) is 9.46. The molecule has 0 unspecified atom stereocenters. The summed E-state index contributed by atoms with van der Waals surface area (Å²) in [5.74, 6) is 0. The van der Waals surface area contributed by atoms with E-state index in [9.17, 15) is 0 Å². The van der Waals surface area contributed by atoms with E-state index in [1.807, 2.05) is 30.7 Å². The normalized spacial score (nSPS) is 17.8. The molecular formula is C28H29N5S. The van der Waals surface area contributed by atoms with Crippen LogP contribution in [0.5, 0.6) is 0 Å². The van der Waals surface area contributed by atoms with Crippen molar-refractivity contribution in [1.29, 1.82) is 0 Å². The van der Waals surface area contributed by atoms with Crippen molar-refractivity contribution in [1.82, 2.24) is 19.9 Å². The first-order chi connectivity index (χ1) is 16.4. The van der Waals surface area contributed by atoms with Gasteiger partial charge in [0.25, 0.3) is 0 Å². The zero-order valence-electron chi connectivity index (χ0n) is 20.0. The van der Waals surface area contributed by atoms with E-state index in [2.05, 4.69) is 89.9 Å². The summed E-state index contributed by atoms with van der Waals surface area (Å²) in [6, 6.07) is 19.1. The monoisotopic (exact) mass is 467 g/mol. The Kier molecular flexibility index (Phi) is 5.92. The third-order valence-corrected chi connectivity index (χ3v) is 6.92. The van der Waals surface area contributed by atoms with E-state index in [0.29, 0.717) is 0 Å². The zero-order valence-corrected chi connectivity index (χ0v) is 20.8. The van der Waals surface area contributed by atoms with Crippen LogP contribution >= 0.6 is 12.2 Å². The fourth-order valence-corrected chi connectivity index (χ4v) is 5.43. The van der Waals surface area contributed by atoms with Gasteiger partial charge >= 0.3 is 0 Å². The van der Waals surface area contributed by atoms with Crippen molar-refractivity contribution in [3.63, 3.8) is 0 Å². The molecule has 5 nitrogen and oxygen atoms in total. The standard InChI is InChI=1S/C28H29N5S/c1-18-13-19(2)15-23(14-18)33-27(26(31-28(33)34)25-7-5-6-10-30-25)24-16-20(3)32(21(24)4)17-22-8-11-29-12-9-22/h5-16,26-27H,17H2,1-4H3,(H,31,34)/t26-,27+/m0/s1. The number of benzene rings is 1. The molecule has 2 atom stereocenters. The number of nitrogens with zero attached hydrogens (tertiary/aromatic N) is 4. The van der Waals surface area contributed by atoms with E-state index < -0.39 is 0 Å². The summed E-state index contributed by atoms with van der Waals surface area (Å²) in [4.78, 5) is 11.1. The number of nitrogens with one attached hydrogen (secondary N) is 1. The number of hydrogen-bond acceptors (Lipinski definition) is 3. The fourth-order valence-electron chi connectivity index (χ4n) is 5.08. The Balaban J connectivity index is 1.64. The highest BCUT2D eigenvalue weighted by atomic mass is 32.1. The molecule has 4 aromatic rings. The number of rotatable bonds is 5. The lowest BCUT2D eigenvalue weighted by atomic mass is 9.96. The minimum atomic E-state index is -0.0515. The van der Waals surface area contributed by atoms with E-state index in [4.69, 9.17) is 17.2 Å². The van der Waals surface area contributed by atoms with Gasteiger partial charge in [-0.15, -0.1) is 0 Å². The molecule has 1 aliphatic heterocycles. The van der Waals surface area contributed by atoms with E-state index in [-0.39, 0.29) is 12.1 Å². The lowest BCUT2D eigenvalue weighted by molar-refractivity contribution is 0.563. The Labute approximate surface area is 206 Å². The lowest BCUT2D eigenvalue weighted by Gasteiger charge is -2.29. The number of aryl methyl sites for hydroxylation is 3. The third-order valence-electron chi connectivity index (χ3n) is 6.60. The van der Waals surface area contributed by atoms with Gasteiger partial charge < -0.3 is 14.8 Å². The number of aromatic nitrogens is 3. The molecule has 1 fully saturated rings. The molecule has 0 aliphatic carbocycles. The van der Waals surface area contributed by atoms with Crippen molar-refractivity contribution >= 4 is 23.0 Å². The van der Waals surface area contributed by atoms with Crippen LogP contribution in [-0.2, 0) is 6.54 Å². The number of hydrogen-bond donors (Lipinski definition) is 1. The van der Waals surface area contributed by atoms with Crippen LogP contribution in [0, 0.1) is 27.7 Å². The van der Waals surface area contributed by atoms with Gasteiger partial charge in [0.1, 0.15) is 0 Å². The lowest BCUT2D eigenvalue weighted by Crippen LogP contribution is -2.29. The Morgan fingerprint density at radius 2 is 1.65 bits per heavy atom. The molecule has 5 rings (SSSR count). The minimum absolute atomic E-state index is 0.0130.